The van der Waals surface area contributed by atoms with Gasteiger partial charge in [-0.25, -0.2) is 0 Å². The standard InChI is InChI=1S/C15H23ClN2O2/c1-5-20-12-7-6-10(16)8-11(12)18-14(19)9-13(17)15(2,3)4/h6-8,13H,5,9,17H2,1-4H3,(H,18,19). The number of hydrogen-bond acceptors (Lipinski definition) is 3. The second-order valence-electron chi connectivity index (χ2n) is 5.80. The van der Waals surface area contributed by atoms with Crippen LogP contribution < -0.4 is 15.8 Å². The Bertz CT molecular complexity index is 469. The van der Waals surface area contributed by atoms with Crippen LogP contribution in [0.2, 0.25) is 5.02 Å². The molecule has 0 heterocycles. The van der Waals surface area contributed by atoms with E-state index in [1.165, 1.54) is 0 Å². The van der Waals surface area contributed by atoms with Crippen LogP contribution in [0.25, 0.3) is 0 Å². The molecule has 1 atom stereocenters. The highest BCUT2D eigenvalue weighted by Crippen LogP contribution is 2.28. The molecule has 3 N–H and O–H groups in total. The fourth-order valence-corrected chi connectivity index (χ4v) is 1.76. The topological polar surface area (TPSA) is 64.3 Å². The Hall–Kier alpha value is -1.26. The number of ether oxygens (including phenoxy) is 1. The van der Waals surface area contributed by atoms with Crippen LogP contribution in [0.4, 0.5) is 5.69 Å². The molecule has 1 aromatic rings. The van der Waals surface area contributed by atoms with E-state index in [9.17, 15) is 4.79 Å². The highest BCUT2D eigenvalue weighted by molar-refractivity contribution is 6.31. The van der Waals surface area contributed by atoms with Crippen LogP contribution in [0.3, 0.4) is 0 Å². The van der Waals surface area contributed by atoms with Gasteiger partial charge in [-0.1, -0.05) is 32.4 Å². The van der Waals surface area contributed by atoms with Crippen molar-refractivity contribution in [3.8, 4) is 5.75 Å². The summed E-state index contributed by atoms with van der Waals surface area (Å²) in [6.45, 7) is 8.43. The van der Waals surface area contributed by atoms with Crippen molar-refractivity contribution in [2.75, 3.05) is 11.9 Å². The molecule has 0 fully saturated rings. The van der Waals surface area contributed by atoms with Gasteiger partial charge in [-0.15, -0.1) is 0 Å². The average Bonchev–Trinajstić information content (AvgIpc) is 2.31. The van der Waals surface area contributed by atoms with E-state index >= 15 is 0 Å². The van der Waals surface area contributed by atoms with Gasteiger partial charge in [0, 0.05) is 17.5 Å². The molecule has 0 aliphatic heterocycles. The highest BCUT2D eigenvalue weighted by atomic mass is 35.5. The largest absolute Gasteiger partial charge is 0.492 e. The molecule has 5 heteroatoms. The van der Waals surface area contributed by atoms with E-state index in [1.807, 2.05) is 27.7 Å². The van der Waals surface area contributed by atoms with Crippen LogP contribution in [0.5, 0.6) is 5.75 Å². The number of nitrogens with one attached hydrogen (secondary N) is 1. The number of nitrogens with two attached hydrogens (primary N) is 1. The summed E-state index contributed by atoms with van der Waals surface area (Å²) in [6.07, 6.45) is 0.252. The van der Waals surface area contributed by atoms with Crippen molar-refractivity contribution in [3.05, 3.63) is 23.2 Å². The molecule has 0 saturated carbocycles. The zero-order valence-electron chi connectivity index (χ0n) is 12.5. The van der Waals surface area contributed by atoms with Gasteiger partial charge in [0.2, 0.25) is 5.91 Å². The SMILES string of the molecule is CCOc1ccc(Cl)cc1NC(=O)CC(N)C(C)(C)C. The molecule has 0 aliphatic carbocycles. The van der Waals surface area contributed by atoms with Gasteiger partial charge in [0.05, 0.1) is 12.3 Å². The van der Waals surface area contributed by atoms with Crippen LogP contribution in [0.15, 0.2) is 18.2 Å². The average molecular weight is 299 g/mol. The molecule has 1 unspecified atom stereocenters. The lowest BCUT2D eigenvalue weighted by Crippen LogP contribution is -2.38. The maximum atomic E-state index is 12.0. The quantitative estimate of drug-likeness (QED) is 0.875. The zero-order valence-corrected chi connectivity index (χ0v) is 13.3. The predicted molar refractivity (Wildman–Crippen MR) is 83.3 cm³/mol. The van der Waals surface area contributed by atoms with Gasteiger partial charge >= 0.3 is 0 Å². The fourth-order valence-electron chi connectivity index (χ4n) is 1.59. The van der Waals surface area contributed by atoms with Crippen LogP contribution in [-0.4, -0.2) is 18.6 Å². The Labute approximate surface area is 125 Å². The van der Waals surface area contributed by atoms with Gasteiger partial charge in [-0.3, -0.25) is 4.79 Å². The Morgan fingerprint density at radius 2 is 2.10 bits per heavy atom. The number of benzene rings is 1. The van der Waals surface area contributed by atoms with Crippen LogP contribution in [0.1, 0.15) is 34.1 Å². The van der Waals surface area contributed by atoms with E-state index in [2.05, 4.69) is 5.32 Å². The lowest BCUT2D eigenvalue weighted by atomic mass is 9.85. The molecule has 4 nitrogen and oxygen atoms in total. The van der Waals surface area contributed by atoms with Gasteiger partial charge in [-0.05, 0) is 30.5 Å². The van der Waals surface area contributed by atoms with E-state index in [1.54, 1.807) is 18.2 Å². The van der Waals surface area contributed by atoms with Crippen LogP contribution in [-0.2, 0) is 4.79 Å². The Kier molecular flexibility index (Phi) is 5.84. The summed E-state index contributed by atoms with van der Waals surface area (Å²) in [5, 5.41) is 3.36. The Morgan fingerprint density at radius 1 is 1.45 bits per heavy atom. The molecular formula is C15H23ClN2O2. The number of amides is 1. The Balaban J connectivity index is 2.77. The molecule has 0 aromatic heterocycles. The van der Waals surface area contributed by atoms with E-state index in [-0.39, 0.29) is 23.8 Å². The van der Waals surface area contributed by atoms with E-state index in [4.69, 9.17) is 22.1 Å². The summed E-state index contributed by atoms with van der Waals surface area (Å²) < 4.78 is 5.46. The minimum absolute atomic E-state index is 0.117. The normalized spacial score (nSPS) is 12.9. The molecule has 112 valence electrons. The maximum Gasteiger partial charge on any atom is 0.226 e. The second-order valence-corrected chi connectivity index (χ2v) is 6.23. The number of rotatable bonds is 5. The first kappa shape index (κ1) is 16.8. The molecular weight excluding hydrogens is 276 g/mol. The number of halogens is 1. The number of hydrogen-bond donors (Lipinski definition) is 2. The van der Waals surface area contributed by atoms with Crippen molar-refractivity contribution in [1.82, 2.24) is 0 Å². The van der Waals surface area contributed by atoms with Gasteiger partial charge in [0.15, 0.2) is 0 Å². The summed E-state index contributed by atoms with van der Waals surface area (Å²) in [5.41, 5.74) is 6.47. The molecule has 0 spiro atoms. The zero-order chi connectivity index (χ0) is 15.3. The summed E-state index contributed by atoms with van der Waals surface area (Å²) >= 11 is 5.95. The molecule has 1 amide bonds. The molecule has 0 aliphatic rings. The van der Waals surface area contributed by atoms with Crippen LogP contribution in [0, 0.1) is 5.41 Å². The summed E-state index contributed by atoms with van der Waals surface area (Å²) in [5.74, 6) is 0.463. The first-order valence-corrected chi connectivity index (χ1v) is 7.09. The van der Waals surface area contributed by atoms with E-state index in [0.29, 0.717) is 23.1 Å². The van der Waals surface area contributed by atoms with Gasteiger partial charge in [-0.2, -0.15) is 0 Å². The third-order valence-electron chi connectivity index (χ3n) is 3.03. The third-order valence-corrected chi connectivity index (χ3v) is 3.27. The first-order chi connectivity index (χ1) is 9.24. The summed E-state index contributed by atoms with van der Waals surface area (Å²) in [6, 6.07) is 4.93. The summed E-state index contributed by atoms with van der Waals surface area (Å²) in [4.78, 5) is 12.0. The lowest BCUT2D eigenvalue weighted by molar-refractivity contribution is -0.117. The van der Waals surface area contributed by atoms with Crippen molar-refractivity contribution in [1.29, 1.82) is 0 Å². The van der Waals surface area contributed by atoms with Crippen molar-refractivity contribution in [3.63, 3.8) is 0 Å². The molecule has 1 rings (SSSR count). The third kappa shape index (κ3) is 5.02. The fraction of sp³-hybridized carbons (Fsp3) is 0.533. The molecule has 20 heavy (non-hydrogen) atoms. The van der Waals surface area contributed by atoms with Gasteiger partial charge in [0.25, 0.3) is 0 Å². The van der Waals surface area contributed by atoms with E-state index < -0.39 is 0 Å². The molecule has 1 aromatic carbocycles. The van der Waals surface area contributed by atoms with Crippen molar-refractivity contribution < 1.29 is 9.53 Å². The second kappa shape index (κ2) is 6.95. The van der Waals surface area contributed by atoms with E-state index in [0.717, 1.165) is 0 Å². The van der Waals surface area contributed by atoms with Gasteiger partial charge in [0.1, 0.15) is 5.75 Å². The number of carbonyl (C=O) groups is 1. The highest BCUT2D eigenvalue weighted by Gasteiger charge is 2.23. The minimum atomic E-state index is -0.211. The molecule has 0 bridgehead atoms. The number of carbonyl (C=O) groups excluding carboxylic acids is 1. The number of anilines is 1. The smallest absolute Gasteiger partial charge is 0.226 e. The first-order valence-electron chi connectivity index (χ1n) is 6.71. The van der Waals surface area contributed by atoms with Gasteiger partial charge < -0.3 is 15.8 Å². The Morgan fingerprint density at radius 3 is 2.65 bits per heavy atom. The van der Waals surface area contributed by atoms with Crippen molar-refractivity contribution in [2.45, 2.75) is 40.2 Å². The lowest BCUT2D eigenvalue weighted by Gasteiger charge is -2.26. The molecule has 0 radical (unpaired) electrons. The minimum Gasteiger partial charge on any atom is -0.492 e. The monoisotopic (exact) mass is 298 g/mol. The van der Waals surface area contributed by atoms with Crippen molar-refractivity contribution in [2.24, 2.45) is 11.1 Å². The van der Waals surface area contributed by atoms with Crippen molar-refractivity contribution >= 4 is 23.2 Å². The molecule has 0 saturated heterocycles. The van der Waals surface area contributed by atoms with Crippen LogP contribution >= 0.6 is 11.6 Å². The predicted octanol–water partition coefficient (Wildman–Crippen LogP) is 3.44. The maximum absolute atomic E-state index is 12.0. The summed E-state index contributed by atoms with van der Waals surface area (Å²) in [7, 11) is 0.